The van der Waals surface area contributed by atoms with E-state index in [0.29, 0.717) is 17.3 Å². The minimum atomic E-state index is -0.175. The van der Waals surface area contributed by atoms with E-state index in [1.807, 2.05) is 48.5 Å². The van der Waals surface area contributed by atoms with E-state index >= 15 is 0 Å². The largest absolute Gasteiger partial charge is 0.494 e. The highest BCUT2D eigenvalue weighted by molar-refractivity contribution is 7.15. The topological polar surface area (TPSA) is 64.1 Å². The number of nitrogens with zero attached hydrogens (tertiary/aromatic N) is 2. The molecule has 0 aliphatic carbocycles. The molecule has 0 saturated carbocycles. The van der Waals surface area contributed by atoms with Crippen molar-refractivity contribution in [3.05, 3.63) is 71.2 Å². The fourth-order valence-electron chi connectivity index (χ4n) is 2.09. The lowest BCUT2D eigenvalue weighted by Crippen LogP contribution is -2.11. The number of nitrogens with one attached hydrogen (secondary N) is 1. The summed E-state index contributed by atoms with van der Waals surface area (Å²) in [7, 11) is 0. The summed E-state index contributed by atoms with van der Waals surface area (Å²) >= 11 is 1.39. The number of carbonyl (C=O) groups is 1. The van der Waals surface area contributed by atoms with Crippen molar-refractivity contribution in [2.24, 2.45) is 0 Å². The van der Waals surface area contributed by atoms with E-state index in [1.54, 1.807) is 12.1 Å². The summed E-state index contributed by atoms with van der Waals surface area (Å²) in [6.07, 6.45) is 1.61. The van der Waals surface area contributed by atoms with Crippen LogP contribution in [0.1, 0.15) is 21.8 Å². The summed E-state index contributed by atoms with van der Waals surface area (Å²) < 4.78 is 5.64. The van der Waals surface area contributed by atoms with Crippen LogP contribution in [0, 0.1) is 0 Å². The minimum absolute atomic E-state index is 0.175. The van der Waals surface area contributed by atoms with Gasteiger partial charge < -0.3 is 4.74 Å². The Balaban J connectivity index is 1.45. The number of amides is 1. The van der Waals surface area contributed by atoms with Crippen molar-refractivity contribution < 1.29 is 9.53 Å². The molecule has 0 fully saturated rings. The number of aromatic nitrogens is 2. The summed E-state index contributed by atoms with van der Waals surface area (Å²) in [5.41, 5.74) is 0.602. The third-order valence-electron chi connectivity index (χ3n) is 3.27. The number of anilines is 1. The molecule has 0 aliphatic heterocycles. The van der Waals surface area contributed by atoms with Gasteiger partial charge in [-0.25, -0.2) is 0 Å². The van der Waals surface area contributed by atoms with Crippen LogP contribution in [0.2, 0.25) is 0 Å². The minimum Gasteiger partial charge on any atom is -0.494 e. The van der Waals surface area contributed by atoms with Crippen molar-refractivity contribution in [2.75, 3.05) is 11.9 Å². The van der Waals surface area contributed by atoms with Crippen LogP contribution in [0.4, 0.5) is 5.13 Å². The lowest BCUT2D eigenvalue weighted by molar-refractivity contribution is 0.102. The Hall–Kier alpha value is -2.73. The van der Waals surface area contributed by atoms with E-state index in [4.69, 9.17) is 4.74 Å². The molecule has 0 spiro atoms. The molecule has 1 aromatic heterocycles. The van der Waals surface area contributed by atoms with Gasteiger partial charge in [0.15, 0.2) is 0 Å². The summed E-state index contributed by atoms with van der Waals surface area (Å²) in [5.74, 6) is 0.691. The highest BCUT2D eigenvalue weighted by Gasteiger charge is 2.09. The van der Waals surface area contributed by atoms with E-state index in [2.05, 4.69) is 15.5 Å². The quantitative estimate of drug-likeness (QED) is 0.665. The lowest BCUT2D eigenvalue weighted by atomic mass is 10.2. The zero-order valence-corrected chi connectivity index (χ0v) is 13.8. The number of carbonyl (C=O) groups excluding carboxylic acids is 1. The standard InChI is InChI=1S/C18H17N3O2S/c22-17(14-8-3-1-4-9-14)19-18-21-20-16(24-18)12-7-13-23-15-10-5-2-6-11-15/h1-6,8-11H,7,12-13H2,(H,19,21,22). The molecule has 3 aromatic rings. The monoisotopic (exact) mass is 339 g/mol. The molecule has 122 valence electrons. The molecule has 24 heavy (non-hydrogen) atoms. The molecule has 1 amide bonds. The number of hydrogen-bond donors (Lipinski definition) is 1. The Bertz CT molecular complexity index is 775. The van der Waals surface area contributed by atoms with Gasteiger partial charge in [0.2, 0.25) is 5.13 Å². The van der Waals surface area contributed by atoms with Gasteiger partial charge in [0, 0.05) is 12.0 Å². The average molecular weight is 339 g/mol. The van der Waals surface area contributed by atoms with Gasteiger partial charge in [0.1, 0.15) is 10.8 Å². The third kappa shape index (κ3) is 4.63. The maximum atomic E-state index is 12.0. The number of ether oxygens (including phenoxy) is 1. The van der Waals surface area contributed by atoms with Gasteiger partial charge in [-0.1, -0.05) is 47.7 Å². The van der Waals surface area contributed by atoms with Crippen LogP contribution in [-0.4, -0.2) is 22.7 Å². The molecule has 2 aromatic carbocycles. The Morgan fingerprint density at radius 3 is 2.46 bits per heavy atom. The molecule has 3 rings (SSSR count). The first kappa shape index (κ1) is 16.1. The van der Waals surface area contributed by atoms with Gasteiger partial charge in [0.05, 0.1) is 6.61 Å². The fourth-order valence-corrected chi connectivity index (χ4v) is 2.87. The summed E-state index contributed by atoms with van der Waals surface area (Å²) in [4.78, 5) is 12.0. The second kappa shape index (κ2) is 8.21. The molecule has 1 N–H and O–H groups in total. The second-order valence-electron chi connectivity index (χ2n) is 5.09. The predicted molar refractivity (Wildman–Crippen MR) is 94.6 cm³/mol. The van der Waals surface area contributed by atoms with Crippen molar-refractivity contribution in [2.45, 2.75) is 12.8 Å². The molecule has 1 heterocycles. The van der Waals surface area contributed by atoms with Gasteiger partial charge >= 0.3 is 0 Å². The van der Waals surface area contributed by atoms with Crippen LogP contribution < -0.4 is 10.1 Å². The highest BCUT2D eigenvalue weighted by Crippen LogP contribution is 2.18. The van der Waals surface area contributed by atoms with Crippen LogP contribution >= 0.6 is 11.3 Å². The molecule has 0 atom stereocenters. The van der Waals surface area contributed by atoms with Crippen LogP contribution in [-0.2, 0) is 6.42 Å². The Labute approximate surface area is 144 Å². The zero-order valence-electron chi connectivity index (χ0n) is 13.0. The van der Waals surface area contributed by atoms with Crippen molar-refractivity contribution in [3.8, 4) is 5.75 Å². The molecule has 0 saturated heterocycles. The normalized spacial score (nSPS) is 10.3. The first-order chi connectivity index (χ1) is 11.8. The summed E-state index contributed by atoms with van der Waals surface area (Å²) in [5, 5.41) is 12.3. The molecule has 5 nitrogen and oxygen atoms in total. The molecule has 0 radical (unpaired) electrons. The van der Waals surface area contributed by atoms with E-state index in [-0.39, 0.29) is 5.91 Å². The van der Waals surface area contributed by atoms with Gasteiger partial charge in [-0.3, -0.25) is 10.1 Å². The van der Waals surface area contributed by atoms with Gasteiger partial charge in [-0.15, -0.1) is 10.2 Å². The van der Waals surface area contributed by atoms with Crippen LogP contribution in [0.15, 0.2) is 60.7 Å². The number of aryl methyl sites for hydroxylation is 1. The van der Waals surface area contributed by atoms with Crippen molar-refractivity contribution in [3.63, 3.8) is 0 Å². The number of hydrogen-bond acceptors (Lipinski definition) is 5. The first-order valence-electron chi connectivity index (χ1n) is 7.68. The van der Waals surface area contributed by atoms with Crippen molar-refractivity contribution >= 4 is 22.4 Å². The molecular formula is C18H17N3O2S. The van der Waals surface area contributed by atoms with Crippen LogP contribution in [0.5, 0.6) is 5.75 Å². The van der Waals surface area contributed by atoms with E-state index < -0.39 is 0 Å². The molecule has 6 heteroatoms. The molecule has 0 unspecified atom stereocenters. The number of para-hydroxylation sites is 1. The van der Waals surface area contributed by atoms with Crippen LogP contribution in [0.3, 0.4) is 0 Å². The van der Waals surface area contributed by atoms with Crippen molar-refractivity contribution in [1.82, 2.24) is 10.2 Å². The molecular weight excluding hydrogens is 322 g/mol. The van der Waals surface area contributed by atoms with Crippen molar-refractivity contribution in [1.29, 1.82) is 0 Å². The fraction of sp³-hybridized carbons (Fsp3) is 0.167. The number of rotatable bonds is 7. The summed E-state index contributed by atoms with van der Waals surface area (Å²) in [6.45, 7) is 0.620. The number of benzene rings is 2. The third-order valence-corrected chi connectivity index (χ3v) is 4.17. The lowest BCUT2D eigenvalue weighted by Gasteiger charge is -2.04. The first-order valence-corrected chi connectivity index (χ1v) is 8.49. The summed E-state index contributed by atoms with van der Waals surface area (Å²) in [6, 6.07) is 18.8. The zero-order chi connectivity index (χ0) is 16.6. The smallest absolute Gasteiger partial charge is 0.257 e. The van der Waals surface area contributed by atoms with Gasteiger partial charge in [-0.05, 0) is 30.7 Å². The van der Waals surface area contributed by atoms with E-state index in [9.17, 15) is 4.79 Å². The highest BCUT2D eigenvalue weighted by atomic mass is 32.1. The second-order valence-corrected chi connectivity index (χ2v) is 6.15. The Morgan fingerprint density at radius 1 is 1.00 bits per heavy atom. The molecule has 0 bridgehead atoms. The van der Waals surface area contributed by atoms with Crippen LogP contribution in [0.25, 0.3) is 0 Å². The van der Waals surface area contributed by atoms with E-state index in [1.165, 1.54) is 11.3 Å². The Kier molecular flexibility index (Phi) is 5.52. The maximum Gasteiger partial charge on any atom is 0.257 e. The van der Waals surface area contributed by atoms with Gasteiger partial charge in [0.25, 0.3) is 5.91 Å². The Morgan fingerprint density at radius 2 is 1.71 bits per heavy atom. The predicted octanol–water partition coefficient (Wildman–Crippen LogP) is 3.80. The SMILES string of the molecule is O=C(Nc1nnc(CCCOc2ccccc2)s1)c1ccccc1. The van der Waals surface area contributed by atoms with Gasteiger partial charge in [-0.2, -0.15) is 0 Å². The average Bonchev–Trinajstić information content (AvgIpc) is 3.08. The maximum absolute atomic E-state index is 12.0. The molecule has 0 aliphatic rings. The van der Waals surface area contributed by atoms with E-state index in [0.717, 1.165) is 23.6 Å².